The second kappa shape index (κ2) is 10.3. The van der Waals surface area contributed by atoms with Gasteiger partial charge in [-0.25, -0.2) is 0 Å². The molecule has 166 valence electrons. The van der Waals surface area contributed by atoms with Gasteiger partial charge in [-0.1, -0.05) is 44.2 Å². The van der Waals surface area contributed by atoms with Crippen LogP contribution < -0.4 is 14.8 Å². The maximum Gasteiger partial charge on any atom is 0.243 e. The summed E-state index contributed by atoms with van der Waals surface area (Å²) < 4.78 is 10.6. The van der Waals surface area contributed by atoms with Crippen molar-refractivity contribution in [1.29, 1.82) is 0 Å². The van der Waals surface area contributed by atoms with E-state index in [1.165, 1.54) is 0 Å². The zero-order valence-corrected chi connectivity index (χ0v) is 18.8. The average molecular weight is 425 g/mol. The summed E-state index contributed by atoms with van der Waals surface area (Å²) in [5.74, 6) is 1.52. The van der Waals surface area contributed by atoms with Gasteiger partial charge in [-0.3, -0.25) is 9.59 Å². The van der Waals surface area contributed by atoms with Gasteiger partial charge < -0.3 is 19.7 Å². The zero-order chi connectivity index (χ0) is 22.4. The lowest BCUT2D eigenvalue weighted by molar-refractivity contribution is -0.142. The summed E-state index contributed by atoms with van der Waals surface area (Å²) in [5.41, 5.74) is 3.30. The fourth-order valence-corrected chi connectivity index (χ4v) is 3.97. The number of benzene rings is 2. The molecule has 0 radical (unpaired) electrons. The van der Waals surface area contributed by atoms with Gasteiger partial charge in [0.15, 0.2) is 11.5 Å². The lowest BCUT2D eigenvalue weighted by atomic mass is 9.92. The van der Waals surface area contributed by atoms with Gasteiger partial charge >= 0.3 is 0 Å². The molecule has 0 fully saturated rings. The van der Waals surface area contributed by atoms with Gasteiger partial charge in [0.1, 0.15) is 6.04 Å². The molecular weight excluding hydrogens is 392 g/mol. The first kappa shape index (κ1) is 22.7. The molecule has 1 N–H and O–H groups in total. The Hall–Kier alpha value is -3.02. The normalized spacial score (nSPS) is 15.4. The molecule has 0 spiro atoms. The molecule has 2 aromatic carbocycles. The van der Waals surface area contributed by atoms with Crippen molar-refractivity contribution in [2.45, 2.75) is 45.7 Å². The highest BCUT2D eigenvalue weighted by Gasteiger charge is 2.34. The van der Waals surface area contributed by atoms with E-state index in [2.05, 4.69) is 5.32 Å². The van der Waals surface area contributed by atoms with E-state index in [0.717, 1.165) is 16.7 Å². The molecule has 0 bridgehead atoms. The molecule has 1 atom stereocenters. The van der Waals surface area contributed by atoms with Crippen molar-refractivity contribution in [3.8, 4) is 11.5 Å². The highest BCUT2D eigenvalue weighted by Crippen LogP contribution is 2.28. The molecule has 0 aliphatic carbocycles. The number of rotatable bonds is 8. The summed E-state index contributed by atoms with van der Waals surface area (Å²) in [5, 5.41) is 3.03. The van der Waals surface area contributed by atoms with E-state index >= 15 is 0 Å². The summed E-state index contributed by atoms with van der Waals surface area (Å²) in [6.45, 7) is 5.01. The van der Waals surface area contributed by atoms with Crippen LogP contribution in [0.4, 0.5) is 0 Å². The molecule has 0 saturated heterocycles. The van der Waals surface area contributed by atoms with Gasteiger partial charge in [0.25, 0.3) is 0 Å². The third-order valence-electron chi connectivity index (χ3n) is 5.62. The summed E-state index contributed by atoms with van der Waals surface area (Å²) in [6.07, 6.45) is 1.65. The second-order valence-corrected chi connectivity index (χ2v) is 8.34. The smallest absolute Gasteiger partial charge is 0.243 e. The van der Waals surface area contributed by atoms with Crippen molar-refractivity contribution in [2.24, 2.45) is 5.92 Å². The topological polar surface area (TPSA) is 67.9 Å². The summed E-state index contributed by atoms with van der Waals surface area (Å²) >= 11 is 0. The van der Waals surface area contributed by atoms with E-state index in [4.69, 9.17) is 9.47 Å². The molecule has 6 nitrogen and oxygen atoms in total. The highest BCUT2D eigenvalue weighted by molar-refractivity contribution is 5.88. The molecule has 0 aromatic heterocycles. The van der Waals surface area contributed by atoms with Gasteiger partial charge in [0.2, 0.25) is 11.8 Å². The monoisotopic (exact) mass is 424 g/mol. The van der Waals surface area contributed by atoms with Crippen LogP contribution >= 0.6 is 0 Å². The maximum atomic E-state index is 13.1. The van der Waals surface area contributed by atoms with Crippen LogP contribution in [-0.4, -0.2) is 43.5 Å². The minimum Gasteiger partial charge on any atom is -0.493 e. The van der Waals surface area contributed by atoms with Crippen molar-refractivity contribution >= 4 is 11.8 Å². The lowest BCUT2D eigenvalue weighted by Crippen LogP contribution is -2.53. The number of hydrogen-bond acceptors (Lipinski definition) is 4. The number of amides is 2. The molecule has 6 heteroatoms. The lowest BCUT2D eigenvalue weighted by Gasteiger charge is -2.36. The van der Waals surface area contributed by atoms with Crippen LogP contribution in [0.3, 0.4) is 0 Å². The van der Waals surface area contributed by atoms with Crippen LogP contribution in [0.15, 0.2) is 42.5 Å². The highest BCUT2D eigenvalue weighted by atomic mass is 16.5. The van der Waals surface area contributed by atoms with Crippen molar-refractivity contribution in [3.63, 3.8) is 0 Å². The number of nitrogens with one attached hydrogen (secondary N) is 1. The summed E-state index contributed by atoms with van der Waals surface area (Å²) in [7, 11) is 3.21. The van der Waals surface area contributed by atoms with E-state index in [9.17, 15) is 9.59 Å². The Morgan fingerprint density at radius 1 is 1.06 bits per heavy atom. The van der Waals surface area contributed by atoms with E-state index in [-0.39, 0.29) is 17.7 Å². The van der Waals surface area contributed by atoms with Crippen LogP contribution in [0.25, 0.3) is 0 Å². The third-order valence-corrected chi connectivity index (χ3v) is 5.62. The average Bonchev–Trinajstić information content (AvgIpc) is 2.77. The van der Waals surface area contributed by atoms with E-state index < -0.39 is 6.04 Å². The Bertz CT molecular complexity index is 925. The number of methoxy groups -OCH3 is 2. The van der Waals surface area contributed by atoms with Gasteiger partial charge in [-0.05, 0) is 41.2 Å². The van der Waals surface area contributed by atoms with Crippen molar-refractivity contribution < 1.29 is 19.1 Å². The Labute approximate surface area is 184 Å². The van der Waals surface area contributed by atoms with Gasteiger partial charge in [-0.2, -0.15) is 0 Å². The van der Waals surface area contributed by atoms with Crippen LogP contribution in [0.2, 0.25) is 0 Å². The molecule has 2 aromatic rings. The summed E-state index contributed by atoms with van der Waals surface area (Å²) in [4.78, 5) is 27.7. The molecule has 1 unspecified atom stereocenters. The van der Waals surface area contributed by atoms with Crippen LogP contribution in [0.1, 0.15) is 37.0 Å². The number of hydrogen-bond donors (Lipinski definition) is 1. The molecule has 1 heterocycles. The minimum absolute atomic E-state index is 0.0320. The molecular formula is C25H32N2O4. The van der Waals surface area contributed by atoms with Gasteiger partial charge in [0.05, 0.1) is 14.2 Å². The van der Waals surface area contributed by atoms with Crippen LogP contribution in [0, 0.1) is 5.92 Å². The van der Waals surface area contributed by atoms with E-state index in [1.54, 1.807) is 19.1 Å². The molecule has 0 saturated carbocycles. The van der Waals surface area contributed by atoms with Gasteiger partial charge in [0, 0.05) is 25.9 Å². The number of carbonyl (C=O) groups excluding carboxylic acids is 2. The Morgan fingerprint density at radius 3 is 2.45 bits per heavy atom. The molecule has 1 aliphatic heterocycles. The number of fused-ring (bicyclic) bond motifs is 1. The zero-order valence-electron chi connectivity index (χ0n) is 18.8. The molecule has 2 amide bonds. The Kier molecular flexibility index (Phi) is 7.55. The van der Waals surface area contributed by atoms with Crippen molar-refractivity contribution in [3.05, 3.63) is 59.2 Å². The number of carbonyl (C=O) groups is 2. The largest absolute Gasteiger partial charge is 0.493 e. The van der Waals surface area contributed by atoms with Crippen LogP contribution in [0.5, 0.6) is 11.5 Å². The third kappa shape index (κ3) is 5.57. The number of ether oxygens (including phenoxy) is 2. The first-order valence-corrected chi connectivity index (χ1v) is 10.8. The van der Waals surface area contributed by atoms with Crippen LogP contribution in [-0.2, 0) is 29.0 Å². The van der Waals surface area contributed by atoms with E-state index in [1.807, 2.05) is 56.3 Å². The second-order valence-electron chi connectivity index (χ2n) is 8.34. The molecule has 3 rings (SSSR count). The van der Waals surface area contributed by atoms with Crippen molar-refractivity contribution in [2.75, 3.05) is 20.8 Å². The fraction of sp³-hybridized carbons (Fsp3) is 0.440. The quantitative estimate of drug-likeness (QED) is 0.706. The Morgan fingerprint density at radius 2 is 1.77 bits per heavy atom. The van der Waals surface area contributed by atoms with Crippen molar-refractivity contribution in [1.82, 2.24) is 10.2 Å². The Balaban J connectivity index is 1.67. The van der Waals surface area contributed by atoms with Gasteiger partial charge in [-0.15, -0.1) is 0 Å². The maximum absolute atomic E-state index is 13.1. The standard InChI is InChI=1S/C25H32N2O4/c1-17(2)13-24(28)27-16-20-8-6-5-7-19(20)15-21(27)25(29)26-12-11-18-9-10-22(30-3)23(14-18)31-4/h5-10,14,17,21H,11-13,15-16H2,1-4H3,(H,26,29). The minimum atomic E-state index is -0.480. The number of nitrogens with zero attached hydrogens (tertiary/aromatic N) is 1. The molecule has 1 aliphatic rings. The molecule has 31 heavy (non-hydrogen) atoms. The van der Waals surface area contributed by atoms with E-state index in [0.29, 0.717) is 43.9 Å². The first-order valence-electron chi connectivity index (χ1n) is 10.8. The SMILES string of the molecule is COc1ccc(CCNC(=O)C2Cc3ccccc3CN2C(=O)CC(C)C)cc1OC. The first-order chi connectivity index (χ1) is 14.9. The summed E-state index contributed by atoms with van der Waals surface area (Å²) in [6, 6.07) is 13.3. The predicted octanol–water partition coefficient (Wildman–Crippen LogP) is 3.36. The fourth-order valence-electron chi connectivity index (χ4n) is 3.97. The predicted molar refractivity (Wildman–Crippen MR) is 120 cm³/mol.